The fourth-order valence-electron chi connectivity index (χ4n) is 2.52. The van der Waals surface area contributed by atoms with Crippen LogP contribution in [0.4, 0.5) is 0 Å². The van der Waals surface area contributed by atoms with E-state index in [9.17, 15) is 9.59 Å². The van der Waals surface area contributed by atoms with Crippen molar-refractivity contribution in [3.05, 3.63) is 63.6 Å². The molecule has 0 atom stereocenters. The van der Waals surface area contributed by atoms with Crippen LogP contribution in [0.5, 0.6) is 0 Å². The van der Waals surface area contributed by atoms with Crippen LogP contribution in [0.15, 0.2) is 47.4 Å². The molecule has 2 aromatic rings. The summed E-state index contributed by atoms with van der Waals surface area (Å²) in [4.78, 5) is 28.4. The van der Waals surface area contributed by atoms with Crippen molar-refractivity contribution in [1.82, 2.24) is 15.6 Å². The third kappa shape index (κ3) is 4.29. The summed E-state index contributed by atoms with van der Waals surface area (Å²) >= 11 is 1.48. The van der Waals surface area contributed by atoms with E-state index in [0.29, 0.717) is 18.7 Å². The third-order valence-corrected chi connectivity index (χ3v) is 4.70. The van der Waals surface area contributed by atoms with Gasteiger partial charge in [-0.25, -0.2) is 4.98 Å². The highest BCUT2D eigenvalue weighted by Crippen LogP contribution is 2.17. The van der Waals surface area contributed by atoms with Gasteiger partial charge in [0, 0.05) is 16.5 Å². The summed E-state index contributed by atoms with van der Waals surface area (Å²) in [6.07, 6.45) is 4.91. The molecule has 1 aliphatic carbocycles. The molecule has 1 aromatic heterocycles. The minimum atomic E-state index is -0.117. The van der Waals surface area contributed by atoms with E-state index in [2.05, 4.69) is 15.6 Å². The van der Waals surface area contributed by atoms with Crippen molar-refractivity contribution in [2.75, 3.05) is 0 Å². The molecule has 0 bridgehead atoms. The maximum absolute atomic E-state index is 12.0. The van der Waals surface area contributed by atoms with E-state index in [0.717, 1.165) is 35.5 Å². The van der Waals surface area contributed by atoms with E-state index in [4.69, 9.17) is 0 Å². The van der Waals surface area contributed by atoms with Crippen LogP contribution >= 0.6 is 11.3 Å². The molecule has 0 fully saturated rings. The zero-order chi connectivity index (χ0) is 16.8. The predicted octanol–water partition coefficient (Wildman–Crippen LogP) is 2.80. The Balaban J connectivity index is 1.47. The second-order valence-corrected chi connectivity index (χ2v) is 6.53. The molecular formula is C18H19N3O2S. The van der Waals surface area contributed by atoms with Crippen LogP contribution in [-0.4, -0.2) is 16.8 Å². The SMILES string of the molecule is O=C(NCc1csc(CNC(=O)c2ccccc2)n1)C1=CCCC1. The minimum Gasteiger partial charge on any atom is -0.347 e. The first-order chi connectivity index (χ1) is 11.7. The highest BCUT2D eigenvalue weighted by molar-refractivity contribution is 7.09. The van der Waals surface area contributed by atoms with Crippen LogP contribution < -0.4 is 10.6 Å². The molecule has 2 amide bonds. The number of hydrogen-bond donors (Lipinski definition) is 2. The second kappa shape index (κ2) is 7.88. The van der Waals surface area contributed by atoms with Crippen LogP contribution in [0.1, 0.15) is 40.3 Å². The smallest absolute Gasteiger partial charge is 0.251 e. The highest BCUT2D eigenvalue weighted by atomic mass is 32.1. The molecule has 0 saturated heterocycles. The Morgan fingerprint density at radius 1 is 1.08 bits per heavy atom. The number of benzene rings is 1. The molecule has 0 spiro atoms. The summed E-state index contributed by atoms with van der Waals surface area (Å²) in [5.74, 6) is -0.117. The normalized spacial score (nSPS) is 13.4. The molecule has 0 aliphatic heterocycles. The van der Waals surface area contributed by atoms with Crippen LogP contribution in [0.25, 0.3) is 0 Å². The molecule has 24 heavy (non-hydrogen) atoms. The number of aromatic nitrogens is 1. The van der Waals surface area contributed by atoms with Crippen molar-refractivity contribution in [1.29, 1.82) is 0 Å². The fourth-order valence-corrected chi connectivity index (χ4v) is 3.25. The Morgan fingerprint density at radius 2 is 1.88 bits per heavy atom. The number of rotatable bonds is 6. The Labute approximate surface area is 144 Å². The monoisotopic (exact) mass is 341 g/mol. The molecule has 124 valence electrons. The van der Waals surface area contributed by atoms with Gasteiger partial charge in [-0.1, -0.05) is 24.3 Å². The molecule has 3 rings (SSSR count). The molecule has 1 heterocycles. The number of carbonyl (C=O) groups is 2. The molecule has 2 N–H and O–H groups in total. The summed E-state index contributed by atoms with van der Waals surface area (Å²) in [5, 5.41) is 8.48. The number of hydrogen-bond acceptors (Lipinski definition) is 4. The largest absolute Gasteiger partial charge is 0.347 e. The summed E-state index contributed by atoms with van der Waals surface area (Å²) in [5.41, 5.74) is 2.32. The van der Waals surface area contributed by atoms with E-state index in [1.165, 1.54) is 11.3 Å². The Hall–Kier alpha value is -2.47. The minimum absolute atomic E-state index is 0.000527. The number of nitrogens with one attached hydrogen (secondary N) is 2. The lowest BCUT2D eigenvalue weighted by Crippen LogP contribution is -2.24. The Morgan fingerprint density at radius 3 is 2.62 bits per heavy atom. The van der Waals surface area contributed by atoms with E-state index in [1.54, 1.807) is 12.1 Å². The predicted molar refractivity (Wildman–Crippen MR) is 93.5 cm³/mol. The molecule has 6 heteroatoms. The second-order valence-electron chi connectivity index (χ2n) is 5.59. The molecule has 0 saturated carbocycles. The van der Waals surface area contributed by atoms with Crippen molar-refractivity contribution in [3.8, 4) is 0 Å². The van der Waals surface area contributed by atoms with Crippen LogP contribution in [0.2, 0.25) is 0 Å². The quantitative estimate of drug-likeness (QED) is 0.849. The Kier molecular flexibility index (Phi) is 5.38. The Bertz CT molecular complexity index is 753. The maximum atomic E-state index is 12.0. The number of carbonyl (C=O) groups excluding carboxylic acids is 2. The van der Waals surface area contributed by atoms with Gasteiger partial charge >= 0.3 is 0 Å². The van der Waals surface area contributed by atoms with Gasteiger partial charge < -0.3 is 10.6 Å². The molecule has 1 aliphatic rings. The van der Waals surface area contributed by atoms with Crippen LogP contribution in [0, 0.1) is 0 Å². The number of allylic oxidation sites excluding steroid dienone is 1. The van der Waals surface area contributed by atoms with Gasteiger partial charge in [-0.2, -0.15) is 0 Å². The zero-order valence-electron chi connectivity index (χ0n) is 13.2. The van der Waals surface area contributed by atoms with Gasteiger partial charge in [0.2, 0.25) is 5.91 Å². The van der Waals surface area contributed by atoms with Crippen molar-refractivity contribution >= 4 is 23.2 Å². The number of thiazole rings is 1. The molecular weight excluding hydrogens is 322 g/mol. The molecule has 1 aromatic carbocycles. The van der Waals surface area contributed by atoms with Crippen molar-refractivity contribution in [2.24, 2.45) is 0 Å². The van der Waals surface area contributed by atoms with Gasteiger partial charge in [-0.15, -0.1) is 11.3 Å². The summed E-state index contributed by atoms with van der Waals surface area (Å²) in [7, 11) is 0. The van der Waals surface area contributed by atoms with E-state index >= 15 is 0 Å². The molecule has 0 radical (unpaired) electrons. The highest BCUT2D eigenvalue weighted by Gasteiger charge is 2.13. The summed E-state index contributed by atoms with van der Waals surface area (Å²) in [6.45, 7) is 0.802. The standard InChI is InChI=1S/C18H19N3O2S/c22-17(14-8-4-5-9-14)19-10-15-12-24-16(21-15)11-20-18(23)13-6-2-1-3-7-13/h1-3,6-8,12H,4-5,9-11H2,(H,19,22)(H,20,23). The van der Waals surface area contributed by atoms with Crippen molar-refractivity contribution in [2.45, 2.75) is 32.4 Å². The molecule has 0 unspecified atom stereocenters. The topological polar surface area (TPSA) is 71.1 Å². The summed E-state index contributed by atoms with van der Waals surface area (Å²) in [6, 6.07) is 9.09. The maximum Gasteiger partial charge on any atom is 0.251 e. The first-order valence-electron chi connectivity index (χ1n) is 7.96. The summed E-state index contributed by atoms with van der Waals surface area (Å²) < 4.78 is 0. The van der Waals surface area contributed by atoms with Gasteiger partial charge in [-0.3, -0.25) is 9.59 Å². The van der Waals surface area contributed by atoms with E-state index in [1.807, 2.05) is 29.7 Å². The van der Waals surface area contributed by atoms with Crippen LogP contribution in [-0.2, 0) is 17.9 Å². The average Bonchev–Trinajstić information content (AvgIpc) is 3.30. The van der Waals surface area contributed by atoms with E-state index in [-0.39, 0.29) is 11.8 Å². The lowest BCUT2D eigenvalue weighted by molar-refractivity contribution is -0.117. The first kappa shape index (κ1) is 16.4. The average molecular weight is 341 g/mol. The lowest BCUT2D eigenvalue weighted by Gasteiger charge is -2.04. The van der Waals surface area contributed by atoms with Crippen molar-refractivity contribution in [3.63, 3.8) is 0 Å². The number of nitrogens with zero attached hydrogens (tertiary/aromatic N) is 1. The third-order valence-electron chi connectivity index (χ3n) is 3.80. The van der Waals surface area contributed by atoms with Gasteiger partial charge in [-0.05, 0) is 31.4 Å². The van der Waals surface area contributed by atoms with Gasteiger partial charge in [0.05, 0.1) is 18.8 Å². The fraction of sp³-hybridized carbons (Fsp3) is 0.278. The van der Waals surface area contributed by atoms with Crippen LogP contribution in [0.3, 0.4) is 0 Å². The lowest BCUT2D eigenvalue weighted by atomic mass is 10.2. The first-order valence-corrected chi connectivity index (χ1v) is 8.84. The van der Waals surface area contributed by atoms with Gasteiger partial charge in [0.1, 0.15) is 5.01 Å². The van der Waals surface area contributed by atoms with Gasteiger partial charge in [0.25, 0.3) is 5.91 Å². The molecule has 5 nitrogen and oxygen atoms in total. The zero-order valence-corrected chi connectivity index (χ0v) is 14.1. The van der Waals surface area contributed by atoms with Crippen molar-refractivity contribution < 1.29 is 9.59 Å². The number of amides is 2. The van der Waals surface area contributed by atoms with E-state index < -0.39 is 0 Å². The van der Waals surface area contributed by atoms with Gasteiger partial charge in [0.15, 0.2) is 0 Å².